The second-order valence-electron chi connectivity index (χ2n) is 15.0. The fourth-order valence-electron chi connectivity index (χ4n) is 6.07. The first kappa shape index (κ1) is 57.3. The molecule has 6 rings (SSSR count). The number of esters is 4. The van der Waals surface area contributed by atoms with Gasteiger partial charge in [-0.05, 0) is 82.9 Å². The highest BCUT2D eigenvalue weighted by atomic mass is 19.1. The number of ether oxygens (including phenoxy) is 10. The van der Waals surface area contributed by atoms with Gasteiger partial charge in [0.25, 0.3) is 0 Å². The maximum Gasteiger partial charge on any atom is 0.330 e. The van der Waals surface area contributed by atoms with E-state index in [-0.39, 0.29) is 92.1 Å². The van der Waals surface area contributed by atoms with E-state index in [0.29, 0.717) is 45.1 Å². The predicted octanol–water partition coefficient (Wildman–Crippen LogP) is 8.32. The Balaban J connectivity index is 0.000000277. The molecule has 0 atom stereocenters. The quantitative estimate of drug-likeness (QED) is 0.0136. The predicted molar refractivity (Wildman–Crippen MR) is 257 cm³/mol. The van der Waals surface area contributed by atoms with Crippen LogP contribution in [0, 0.1) is 23.3 Å². The van der Waals surface area contributed by atoms with Crippen molar-refractivity contribution >= 4 is 23.9 Å². The van der Waals surface area contributed by atoms with E-state index >= 15 is 0 Å². The van der Waals surface area contributed by atoms with Crippen LogP contribution in [0.3, 0.4) is 0 Å². The van der Waals surface area contributed by atoms with E-state index in [4.69, 9.17) is 47.4 Å². The molecular formula is C53H51F4N3O15. The van der Waals surface area contributed by atoms with Gasteiger partial charge in [0, 0.05) is 24.4 Å². The van der Waals surface area contributed by atoms with Gasteiger partial charge in [0.1, 0.15) is 76.3 Å². The maximum absolute atomic E-state index is 14.4. The number of halogens is 4. The number of aromatic nitrogens is 3. The number of rotatable bonds is 30. The topological polar surface area (TPSA) is 212 Å². The summed E-state index contributed by atoms with van der Waals surface area (Å²) < 4.78 is 114. The van der Waals surface area contributed by atoms with Crippen molar-refractivity contribution in [2.75, 3.05) is 66.1 Å². The highest BCUT2D eigenvalue weighted by Crippen LogP contribution is 2.31. The molecule has 4 aromatic carbocycles. The number of hydrogen-bond donors (Lipinski definition) is 0. The summed E-state index contributed by atoms with van der Waals surface area (Å²) in [6, 6.07) is 22.8. The van der Waals surface area contributed by atoms with Gasteiger partial charge in [-0.3, -0.25) is 9.59 Å². The fraction of sp³-hybridized carbons (Fsp3) is 0.264. The van der Waals surface area contributed by atoms with Crippen molar-refractivity contribution in [3.63, 3.8) is 0 Å². The summed E-state index contributed by atoms with van der Waals surface area (Å²) in [7, 11) is 0. The van der Waals surface area contributed by atoms with Crippen LogP contribution in [0.2, 0.25) is 0 Å². The average Bonchev–Trinajstić information content (AvgIpc) is 3.95. The number of carbonyl (C=O) groups is 4. The minimum Gasteiger partial charge on any atom is -0.490 e. The number of carbonyl (C=O) groups excluding carboxylic acids is 4. The lowest BCUT2D eigenvalue weighted by Crippen LogP contribution is -2.14. The van der Waals surface area contributed by atoms with Crippen molar-refractivity contribution in [3.05, 3.63) is 163 Å². The number of hydrogen-bond acceptors (Lipinski definition) is 18. The van der Waals surface area contributed by atoms with Crippen molar-refractivity contribution < 1.29 is 88.6 Å². The Hall–Kier alpha value is -8.63. The highest BCUT2D eigenvalue weighted by Gasteiger charge is 2.16. The van der Waals surface area contributed by atoms with Crippen molar-refractivity contribution in [1.82, 2.24) is 15.4 Å². The molecule has 0 aliphatic carbocycles. The van der Waals surface area contributed by atoms with Crippen LogP contribution in [-0.2, 0) is 60.8 Å². The van der Waals surface area contributed by atoms with E-state index in [1.54, 1.807) is 72.9 Å². The smallest absolute Gasteiger partial charge is 0.330 e. The van der Waals surface area contributed by atoms with Gasteiger partial charge in [-0.25, -0.2) is 27.2 Å². The third-order valence-corrected chi connectivity index (χ3v) is 9.60. The number of benzene rings is 4. The Labute approximate surface area is 427 Å². The minimum atomic E-state index is -0.893. The molecule has 0 spiro atoms. The van der Waals surface area contributed by atoms with Crippen molar-refractivity contribution in [2.24, 2.45) is 0 Å². The summed E-state index contributed by atoms with van der Waals surface area (Å²) >= 11 is 0. The van der Waals surface area contributed by atoms with E-state index in [2.05, 4.69) is 33.0 Å². The SMILES string of the molecule is C=CC(=O)OCCOc1c(F)cc(-c2ccc(OCCOC(=O)CCOCc3cccnn3)cc2)cc1F.C=CC(=O)OCCOc1c(F)cc(-c2ccc(OCCOC(=O)CCOCc3ccon3)cc2)cc1F. The van der Waals surface area contributed by atoms with Crippen LogP contribution < -0.4 is 18.9 Å². The van der Waals surface area contributed by atoms with E-state index in [1.165, 1.54) is 6.26 Å². The molecule has 0 bridgehead atoms. The molecule has 6 aromatic rings. The third kappa shape index (κ3) is 20.8. The van der Waals surface area contributed by atoms with E-state index in [1.807, 2.05) is 0 Å². The van der Waals surface area contributed by atoms with Gasteiger partial charge in [0.2, 0.25) is 0 Å². The summed E-state index contributed by atoms with van der Waals surface area (Å²) in [5, 5.41) is 11.3. The first-order valence-electron chi connectivity index (χ1n) is 22.8. The Bertz CT molecular complexity index is 2700. The van der Waals surface area contributed by atoms with Crippen molar-refractivity contribution in [2.45, 2.75) is 26.1 Å². The molecule has 75 heavy (non-hydrogen) atoms. The largest absolute Gasteiger partial charge is 0.490 e. The molecule has 0 amide bonds. The van der Waals surface area contributed by atoms with Gasteiger partial charge in [-0.1, -0.05) is 42.6 Å². The van der Waals surface area contributed by atoms with Crippen LogP contribution in [0.1, 0.15) is 24.2 Å². The highest BCUT2D eigenvalue weighted by molar-refractivity contribution is 5.81. The Kier molecular flexibility index (Phi) is 24.2. The molecule has 396 valence electrons. The zero-order valence-corrected chi connectivity index (χ0v) is 40.3. The molecule has 18 nitrogen and oxygen atoms in total. The molecule has 0 saturated heterocycles. The van der Waals surface area contributed by atoms with Gasteiger partial charge in [0.15, 0.2) is 34.8 Å². The molecule has 22 heteroatoms. The lowest BCUT2D eigenvalue weighted by atomic mass is 10.0. The van der Waals surface area contributed by atoms with Crippen molar-refractivity contribution in [3.8, 4) is 45.3 Å². The molecule has 2 heterocycles. The van der Waals surface area contributed by atoms with Gasteiger partial charge in [-0.15, -0.1) is 0 Å². The van der Waals surface area contributed by atoms with Crippen LogP contribution in [0.25, 0.3) is 22.3 Å². The molecule has 0 N–H and O–H groups in total. The summed E-state index contributed by atoms with van der Waals surface area (Å²) in [6.45, 7) is 6.94. The number of nitrogens with zero attached hydrogens (tertiary/aromatic N) is 3. The Morgan fingerprint density at radius 2 is 0.920 bits per heavy atom. The summed E-state index contributed by atoms with van der Waals surface area (Å²) in [5.41, 5.74) is 3.00. The van der Waals surface area contributed by atoms with Crippen LogP contribution in [0.4, 0.5) is 17.6 Å². The zero-order chi connectivity index (χ0) is 53.6. The second kappa shape index (κ2) is 31.7. The summed E-state index contributed by atoms with van der Waals surface area (Å²) in [4.78, 5) is 45.5. The zero-order valence-electron chi connectivity index (χ0n) is 40.3. The lowest BCUT2D eigenvalue weighted by molar-refractivity contribution is -0.146. The molecule has 0 aliphatic rings. The van der Waals surface area contributed by atoms with E-state index < -0.39 is 58.6 Å². The van der Waals surface area contributed by atoms with Gasteiger partial charge < -0.3 is 51.9 Å². The van der Waals surface area contributed by atoms with Crippen LogP contribution >= 0.6 is 0 Å². The molecular weight excluding hydrogens is 995 g/mol. The Morgan fingerprint density at radius 3 is 1.32 bits per heavy atom. The molecule has 0 saturated carbocycles. The molecule has 0 radical (unpaired) electrons. The normalized spacial score (nSPS) is 10.5. The van der Waals surface area contributed by atoms with Crippen LogP contribution in [-0.4, -0.2) is 105 Å². The third-order valence-electron chi connectivity index (χ3n) is 9.60. The first-order valence-corrected chi connectivity index (χ1v) is 22.8. The van der Waals surface area contributed by atoms with Crippen LogP contribution in [0.15, 0.2) is 133 Å². The average molecular weight is 1050 g/mol. The summed E-state index contributed by atoms with van der Waals surface area (Å²) in [6.07, 6.45) is 5.13. The van der Waals surface area contributed by atoms with E-state index in [9.17, 15) is 36.7 Å². The molecule has 2 aromatic heterocycles. The van der Waals surface area contributed by atoms with Gasteiger partial charge in [0.05, 0.1) is 45.0 Å². The van der Waals surface area contributed by atoms with Gasteiger partial charge >= 0.3 is 23.9 Å². The molecule has 0 unspecified atom stereocenters. The monoisotopic (exact) mass is 1050 g/mol. The Morgan fingerprint density at radius 1 is 0.493 bits per heavy atom. The van der Waals surface area contributed by atoms with Crippen LogP contribution in [0.5, 0.6) is 23.0 Å². The maximum atomic E-state index is 14.4. The molecule has 0 aliphatic heterocycles. The lowest BCUT2D eigenvalue weighted by Gasteiger charge is -2.11. The second-order valence-corrected chi connectivity index (χ2v) is 15.0. The van der Waals surface area contributed by atoms with Gasteiger partial charge in [-0.2, -0.15) is 10.2 Å². The fourth-order valence-corrected chi connectivity index (χ4v) is 6.07. The minimum absolute atomic E-state index is 0.0501. The van der Waals surface area contributed by atoms with E-state index in [0.717, 1.165) is 36.4 Å². The van der Waals surface area contributed by atoms with Crippen molar-refractivity contribution in [1.29, 1.82) is 0 Å². The molecule has 0 fully saturated rings. The standard InChI is InChI=1S/C27H26F2N2O7.C26H25F2NO8/c1-2-25(32)36-14-15-38-27-23(28)16-20(17-24(27)29)19-5-7-22(8-6-19)35-12-13-37-26(33)9-11-34-18-21-4-3-10-30-31-21;1-2-24(30)34-13-14-36-26-22(27)15-19(16-23(26)28)18-3-5-21(6-4-18)33-11-12-35-25(31)8-9-32-17-20-7-10-37-29-20/h2-8,10,16-17H,1,9,11-15,18H2;2-7,10,15-16H,1,8-9,11-14,17H2. The summed E-state index contributed by atoms with van der Waals surface area (Å²) in [5.74, 6) is -5.86. The first-order chi connectivity index (χ1) is 36.4.